The normalized spacial score (nSPS) is 12.3. The molecule has 1 unspecified atom stereocenters. The van der Waals surface area contributed by atoms with Gasteiger partial charge in [-0.2, -0.15) is 0 Å². The largest absolute Gasteiger partial charge is 0.494 e. The number of hydrogen-bond donors (Lipinski definition) is 1. The van der Waals surface area contributed by atoms with E-state index in [9.17, 15) is 5.11 Å². The Labute approximate surface area is 107 Å². The Bertz CT molecular complexity index is 462. The summed E-state index contributed by atoms with van der Waals surface area (Å²) in [6.07, 6.45) is 4.26. The van der Waals surface area contributed by atoms with Gasteiger partial charge < -0.3 is 14.3 Å². The number of benzene rings is 1. The van der Waals surface area contributed by atoms with Crippen LogP contribution in [0.3, 0.4) is 0 Å². The van der Waals surface area contributed by atoms with Crippen molar-refractivity contribution in [2.45, 2.75) is 25.9 Å². The summed E-state index contributed by atoms with van der Waals surface area (Å²) in [6, 6.07) is 9.47. The molecule has 96 valence electrons. The second-order valence-corrected chi connectivity index (χ2v) is 4.27. The van der Waals surface area contributed by atoms with Crippen LogP contribution in [0.2, 0.25) is 0 Å². The van der Waals surface area contributed by atoms with Gasteiger partial charge in [0.2, 0.25) is 0 Å². The van der Waals surface area contributed by atoms with Gasteiger partial charge in [-0.05, 0) is 35.7 Å². The lowest BCUT2D eigenvalue weighted by Crippen LogP contribution is -2.02. The van der Waals surface area contributed by atoms with Gasteiger partial charge in [-0.3, -0.25) is 0 Å². The molecular weight excluding hydrogens is 228 g/mol. The van der Waals surface area contributed by atoms with Crippen LogP contribution in [0.1, 0.15) is 30.6 Å². The van der Waals surface area contributed by atoms with Gasteiger partial charge in [0.15, 0.2) is 0 Å². The van der Waals surface area contributed by atoms with Crippen LogP contribution >= 0.6 is 0 Å². The van der Waals surface area contributed by atoms with Crippen LogP contribution in [-0.4, -0.2) is 11.7 Å². The maximum absolute atomic E-state index is 10.1. The Kier molecular flexibility index (Phi) is 4.42. The van der Waals surface area contributed by atoms with Crippen LogP contribution in [0.25, 0.3) is 0 Å². The van der Waals surface area contributed by atoms with Crippen molar-refractivity contribution in [2.24, 2.45) is 0 Å². The molecule has 0 spiro atoms. The SMILES string of the molecule is CCCOc1cccc(C(O)Cc2ccoc2)c1. The van der Waals surface area contributed by atoms with Crippen LogP contribution in [0.4, 0.5) is 0 Å². The molecule has 0 saturated carbocycles. The monoisotopic (exact) mass is 246 g/mol. The van der Waals surface area contributed by atoms with E-state index < -0.39 is 6.10 Å². The number of hydrogen-bond acceptors (Lipinski definition) is 3. The van der Waals surface area contributed by atoms with E-state index in [1.165, 1.54) is 0 Å². The molecule has 18 heavy (non-hydrogen) atoms. The van der Waals surface area contributed by atoms with Crippen molar-refractivity contribution >= 4 is 0 Å². The second-order valence-electron chi connectivity index (χ2n) is 4.27. The Morgan fingerprint density at radius 3 is 2.94 bits per heavy atom. The van der Waals surface area contributed by atoms with Crippen LogP contribution in [0.15, 0.2) is 47.3 Å². The molecule has 0 aliphatic heterocycles. The Hall–Kier alpha value is -1.74. The van der Waals surface area contributed by atoms with Crippen molar-refractivity contribution in [1.29, 1.82) is 0 Å². The van der Waals surface area contributed by atoms with E-state index in [0.717, 1.165) is 23.3 Å². The predicted molar refractivity (Wildman–Crippen MR) is 69.6 cm³/mol. The third-order valence-electron chi connectivity index (χ3n) is 2.72. The lowest BCUT2D eigenvalue weighted by molar-refractivity contribution is 0.177. The molecule has 1 heterocycles. The first kappa shape index (κ1) is 12.7. The van der Waals surface area contributed by atoms with Gasteiger partial charge in [0, 0.05) is 6.42 Å². The lowest BCUT2D eigenvalue weighted by Gasteiger charge is -2.12. The molecule has 0 saturated heterocycles. The molecule has 0 aliphatic carbocycles. The van der Waals surface area contributed by atoms with Crippen molar-refractivity contribution < 1.29 is 14.3 Å². The predicted octanol–water partition coefficient (Wildman–Crippen LogP) is 3.34. The minimum atomic E-state index is -0.534. The van der Waals surface area contributed by atoms with E-state index in [4.69, 9.17) is 9.15 Å². The zero-order valence-corrected chi connectivity index (χ0v) is 10.5. The number of aliphatic hydroxyl groups excluding tert-OH is 1. The molecule has 1 atom stereocenters. The van der Waals surface area contributed by atoms with Gasteiger partial charge in [0.25, 0.3) is 0 Å². The van der Waals surface area contributed by atoms with Gasteiger partial charge in [0.05, 0.1) is 25.2 Å². The van der Waals surface area contributed by atoms with Crippen molar-refractivity contribution in [3.05, 3.63) is 54.0 Å². The summed E-state index contributed by atoms with van der Waals surface area (Å²) in [5.74, 6) is 0.806. The summed E-state index contributed by atoms with van der Waals surface area (Å²) in [4.78, 5) is 0. The highest BCUT2D eigenvalue weighted by atomic mass is 16.5. The molecule has 2 rings (SSSR count). The molecule has 1 aromatic heterocycles. The first-order chi connectivity index (χ1) is 8.79. The van der Waals surface area contributed by atoms with E-state index in [2.05, 4.69) is 6.92 Å². The van der Waals surface area contributed by atoms with Gasteiger partial charge in [0.1, 0.15) is 5.75 Å². The van der Waals surface area contributed by atoms with E-state index in [0.29, 0.717) is 13.0 Å². The van der Waals surface area contributed by atoms with Crippen LogP contribution in [0, 0.1) is 0 Å². The quantitative estimate of drug-likeness (QED) is 0.850. The molecule has 1 aromatic carbocycles. The fraction of sp³-hybridized carbons (Fsp3) is 0.333. The smallest absolute Gasteiger partial charge is 0.119 e. The first-order valence-corrected chi connectivity index (χ1v) is 6.21. The fourth-order valence-electron chi connectivity index (χ4n) is 1.78. The molecule has 0 fully saturated rings. The zero-order valence-electron chi connectivity index (χ0n) is 10.5. The van der Waals surface area contributed by atoms with Gasteiger partial charge in [-0.15, -0.1) is 0 Å². The summed E-state index contributed by atoms with van der Waals surface area (Å²) in [6.45, 7) is 2.76. The maximum Gasteiger partial charge on any atom is 0.119 e. The lowest BCUT2D eigenvalue weighted by atomic mass is 10.0. The molecule has 2 aromatic rings. The minimum Gasteiger partial charge on any atom is -0.494 e. The number of rotatable bonds is 6. The summed E-state index contributed by atoms with van der Waals surface area (Å²) in [5, 5.41) is 10.1. The molecule has 0 radical (unpaired) electrons. The fourth-order valence-corrected chi connectivity index (χ4v) is 1.78. The van der Waals surface area contributed by atoms with E-state index >= 15 is 0 Å². The van der Waals surface area contributed by atoms with Gasteiger partial charge >= 0.3 is 0 Å². The molecule has 0 bridgehead atoms. The highest BCUT2D eigenvalue weighted by molar-refractivity contribution is 5.30. The molecule has 0 amide bonds. The van der Waals surface area contributed by atoms with Crippen molar-refractivity contribution in [1.82, 2.24) is 0 Å². The van der Waals surface area contributed by atoms with Crippen LogP contribution in [0.5, 0.6) is 5.75 Å². The molecule has 0 aliphatic rings. The average molecular weight is 246 g/mol. The van der Waals surface area contributed by atoms with Crippen LogP contribution in [-0.2, 0) is 6.42 Å². The molecular formula is C15H18O3. The summed E-state index contributed by atoms with van der Waals surface area (Å²) in [7, 11) is 0. The van der Waals surface area contributed by atoms with Crippen LogP contribution < -0.4 is 4.74 Å². The topological polar surface area (TPSA) is 42.6 Å². The first-order valence-electron chi connectivity index (χ1n) is 6.21. The number of furan rings is 1. The van der Waals surface area contributed by atoms with Crippen molar-refractivity contribution in [2.75, 3.05) is 6.61 Å². The Morgan fingerprint density at radius 1 is 1.33 bits per heavy atom. The number of ether oxygens (including phenoxy) is 1. The molecule has 3 heteroatoms. The van der Waals surface area contributed by atoms with E-state index in [1.54, 1.807) is 12.5 Å². The second kappa shape index (κ2) is 6.26. The van der Waals surface area contributed by atoms with Gasteiger partial charge in [-0.25, -0.2) is 0 Å². The highest BCUT2D eigenvalue weighted by Gasteiger charge is 2.10. The third kappa shape index (κ3) is 3.37. The average Bonchev–Trinajstić information content (AvgIpc) is 2.89. The van der Waals surface area contributed by atoms with Crippen molar-refractivity contribution in [3.63, 3.8) is 0 Å². The van der Waals surface area contributed by atoms with E-state index in [1.807, 2.05) is 30.3 Å². The summed E-state index contributed by atoms with van der Waals surface area (Å²) >= 11 is 0. The number of aliphatic hydroxyl groups is 1. The summed E-state index contributed by atoms with van der Waals surface area (Å²) < 4.78 is 10.5. The minimum absolute atomic E-state index is 0.534. The summed E-state index contributed by atoms with van der Waals surface area (Å²) in [5.41, 5.74) is 1.85. The van der Waals surface area contributed by atoms with Gasteiger partial charge in [-0.1, -0.05) is 19.1 Å². The Morgan fingerprint density at radius 2 is 2.22 bits per heavy atom. The maximum atomic E-state index is 10.1. The zero-order chi connectivity index (χ0) is 12.8. The highest BCUT2D eigenvalue weighted by Crippen LogP contribution is 2.22. The van der Waals surface area contributed by atoms with Crippen molar-refractivity contribution in [3.8, 4) is 5.75 Å². The standard InChI is InChI=1S/C15H18O3/c1-2-7-18-14-5-3-4-13(10-14)15(16)9-12-6-8-17-11-12/h3-6,8,10-11,15-16H,2,7,9H2,1H3. The molecule has 1 N–H and O–H groups in total. The Balaban J connectivity index is 2.03. The molecule has 3 nitrogen and oxygen atoms in total. The third-order valence-corrected chi connectivity index (χ3v) is 2.72. The van der Waals surface area contributed by atoms with E-state index in [-0.39, 0.29) is 0 Å².